The molecule has 35 heavy (non-hydrogen) atoms. The summed E-state index contributed by atoms with van der Waals surface area (Å²) in [6.07, 6.45) is 5.45. The molecule has 0 aliphatic carbocycles. The molecule has 186 valence electrons. The molecule has 7 heteroatoms. The first kappa shape index (κ1) is 23.7. The van der Waals surface area contributed by atoms with Crippen LogP contribution in [0.2, 0.25) is 0 Å². The van der Waals surface area contributed by atoms with Crippen molar-refractivity contribution in [1.29, 1.82) is 0 Å². The second-order valence-corrected chi connectivity index (χ2v) is 10.2. The van der Waals surface area contributed by atoms with Crippen LogP contribution in [-0.2, 0) is 17.9 Å². The van der Waals surface area contributed by atoms with Crippen molar-refractivity contribution < 1.29 is 14.3 Å². The fourth-order valence-corrected chi connectivity index (χ4v) is 5.72. The van der Waals surface area contributed by atoms with Crippen molar-refractivity contribution in [2.45, 2.75) is 45.2 Å². The van der Waals surface area contributed by atoms with E-state index in [0.29, 0.717) is 24.9 Å². The molecule has 7 nitrogen and oxygen atoms in total. The number of amides is 3. The number of anilines is 1. The molecule has 1 spiro atoms. The summed E-state index contributed by atoms with van der Waals surface area (Å²) in [6.45, 7) is 5.74. The molecule has 0 atom stereocenters. The summed E-state index contributed by atoms with van der Waals surface area (Å²) in [4.78, 5) is 31.4. The normalized spacial score (nSPS) is 20.4. The minimum absolute atomic E-state index is 0.115. The summed E-state index contributed by atoms with van der Waals surface area (Å²) in [5, 5.41) is 3.50. The van der Waals surface area contributed by atoms with Crippen LogP contribution in [0, 0.1) is 5.41 Å². The van der Waals surface area contributed by atoms with Crippen LogP contribution < -0.4 is 15.0 Å². The highest BCUT2D eigenvalue weighted by molar-refractivity contribution is 5.96. The fourth-order valence-electron chi connectivity index (χ4n) is 5.72. The highest BCUT2D eigenvalue weighted by atomic mass is 16.5. The van der Waals surface area contributed by atoms with Crippen molar-refractivity contribution in [3.05, 3.63) is 59.7 Å². The average molecular weight is 477 g/mol. The summed E-state index contributed by atoms with van der Waals surface area (Å²) >= 11 is 0. The Morgan fingerprint density at radius 2 is 1.63 bits per heavy atom. The molecule has 3 aliphatic rings. The predicted octanol–water partition coefficient (Wildman–Crippen LogP) is 4.02. The second kappa shape index (κ2) is 10.3. The van der Waals surface area contributed by atoms with Gasteiger partial charge in [0.2, 0.25) is 5.91 Å². The molecule has 3 fully saturated rings. The summed E-state index contributed by atoms with van der Waals surface area (Å²) < 4.78 is 5.21. The number of carbonyl (C=O) groups is 2. The Kier molecular flexibility index (Phi) is 6.95. The number of methoxy groups -OCH3 is 1. The quantitative estimate of drug-likeness (QED) is 0.682. The molecule has 0 radical (unpaired) electrons. The van der Waals surface area contributed by atoms with Gasteiger partial charge in [-0.25, -0.2) is 4.79 Å². The third-order valence-electron chi connectivity index (χ3n) is 8.04. The average Bonchev–Trinajstić information content (AvgIpc) is 2.90. The van der Waals surface area contributed by atoms with Gasteiger partial charge in [-0.15, -0.1) is 0 Å². The van der Waals surface area contributed by atoms with Crippen LogP contribution in [0.25, 0.3) is 0 Å². The molecule has 3 amide bonds. The van der Waals surface area contributed by atoms with E-state index >= 15 is 0 Å². The van der Waals surface area contributed by atoms with E-state index in [2.05, 4.69) is 34.5 Å². The van der Waals surface area contributed by atoms with Crippen molar-refractivity contribution in [3.63, 3.8) is 0 Å². The Labute approximate surface area is 208 Å². The van der Waals surface area contributed by atoms with Gasteiger partial charge < -0.3 is 19.9 Å². The van der Waals surface area contributed by atoms with Crippen LogP contribution in [-0.4, -0.2) is 61.6 Å². The van der Waals surface area contributed by atoms with Gasteiger partial charge in [-0.2, -0.15) is 0 Å². The number of carbonyl (C=O) groups excluding carboxylic acids is 2. The molecule has 0 bridgehead atoms. The van der Waals surface area contributed by atoms with Crippen molar-refractivity contribution >= 4 is 17.6 Å². The molecular formula is C28H36N4O3. The Balaban J connectivity index is 1.22. The molecule has 5 rings (SSSR count). The molecule has 3 aliphatic heterocycles. The number of ether oxygens (including phenoxy) is 1. The zero-order valence-electron chi connectivity index (χ0n) is 20.7. The highest BCUT2D eigenvalue weighted by Gasteiger charge is 2.36. The van der Waals surface area contributed by atoms with Crippen molar-refractivity contribution in [2.75, 3.05) is 44.7 Å². The van der Waals surface area contributed by atoms with Gasteiger partial charge in [-0.05, 0) is 79.6 Å². The maximum atomic E-state index is 13.2. The van der Waals surface area contributed by atoms with Gasteiger partial charge in [0.1, 0.15) is 5.75 Å². The first-order chi connectivity index (χ1) is 17.0. The number of urea groups is 1. The summed E-state index contributed by atoms with van der Waals surface area (Å²) in [5.41, 5.74) is 3.78. The lowest BCUT2D eigenvalue weighted by molar-refractivity contribution is -0.131. The highest BCUT2D eigenvalue weighted by Crippen LogP contribution is 2.40. The molecule has 0 saturated carbocycles. The number of imide groups is 1. The van der Waals surface area contributed by atoms with E-state index in [1.165, 1.54) is 36.3 Å². The van der Waals surface area contributed by atoms with Gasteiger partial charge >= 0.3 is 6.03 Å². The Hall–Kier alpha value is -3.06. The van der Waals surface area contributed by atoms with Crippen LogP contribution in [0.4, 0.5) is 10.5 Å². The monoisotopic (exact) mass is 476 g/mol. The van der Waals surface area contributed by atoms with E-state index in [9.17, 15) is 9.59 Å². The van der Waals surface area contributed by atoms with E-state index < -0.39 is 0 Å². The number of benzene rings is 2. The Morgan fingerprint density at radius 3 is 2.34 bits per heavy atom. The van der Waals surface area contributed by atoms with E-state index in [0.717, 1.165) is 43.1 Å². The van der Waals surface area contributed by atoms with Crippen LogP contribution in [0.5, 0.6) is 5.75 Å². The first-order valence-corrected chi connectivity index (χ1v) is 12.8. The molecule has 2 aromatic carbocycles. The van der Waals surface area contributed by atoms with Crippen LogP contribution in [0.15, 0.2) is 48.5 Å². The zero-order chi connectivity index (χ0) is 24.3. The van der Waals surface area contributed by atoms with E-state index in [4.69, 9.17) is 4.74 Å². The van der Waals surface area contributed by atoms with Crippen molar-refractivity contribution in [2.24, 2.45) is 5.41 Å². The first-order valence-electron chi connectivity index (χ1n) is 12.8. The van der Waals surface area contributed by atoms with Gasteiger partial charge in [0.15, 0.2) is 0 Å². The molecule has 3 heterocycles. The number of hydrogen-bond donors (Lipinski definition) is 1. The zero-order valence-corrected chi connectivity index (χ0v) is 20.7. The molecule has 1 N–H and O–H groups in total. The van der Waals surface area contributed by atoms with Crippen molar-refractivity contribution in [3.8, 4) is 5.75 Å². The summed E-state index contributed by atoms with van der Waals surface area (Å²) in [5.74, 6) is 0.641. The van der Waals surface area contributed by atoms with Crippen LogP contribution in [0.1, 0.15) is 43.2 Å². The third kappa shape index (κ3) is 5.30. The molecule has 3 saturated heterocycles. The number of nitrogens with one attached hydrogen (secondary N) is 1. The van der Waals surface area contributed by atoms with Gasteiger partial charge in [-0.3, -0.25) is 9.69 Å². The lowest BCUT2D eigenvalue weighted by Gasteiger charge is -2.45. The number of hydrogen-bond acceptors (Lipinski definition) is 5. The number of rotatable bonds is 6. The molecule has 0 aromatic heterocycles. The molecule has 2 aromatic rings. The smallest absolute Gasteiger partial charge is 0.327 e. The number of nitrogens with zero attached hydrogens (tertiary/aromatic N) is 3. The fraction of sp³-hybridized carbons (Fsp3) is 0.500. The Bertz CT molecular complexity index is 1040. The standard InChI is InChI=1S/C28H36N4O3/c1-35-25-7-5-22(6-8-25)21-32-26(33)9-16-31(27(32)34)20-23-3-2-4-24(19-23)30-17-12-28(13-18-30)10-14-29-15-11-28/h2-8,19,29H,9-18,20-21H2,1H3. The van der Waals surface area contributed by atoms with Gasteiger partial charge in [0, 0.05) is 38.3 Å². The van der Waals surface area contributed by atoms with E-state index in [1.807, 2.05) is 24.3 Å². The van der Waals surface area contributed by atoms with E-state index in [1.54, 1.807) is 12.0 Å². The van der Waals surface area contributed by atoms with Gasteiger partial charge in [0.05, 0.1) is 13.7 Å². The van der Waals surface area contributed by atoms with E-state index in [-0.39, 0.29) is 18.5 Å². The molecular weight excluding hydrogens is 440 g/mol. The van der Waals surface area contributed by atoms with Crippen LogP contribution >= 0.6 is 0 Å². The van der Waals surface area contributed by atoms with Gasteiger partial charge in [0.25, 0.3) is 0 Å². The van der Waals surface area contributed by atoms with Gasteiger partial charge in [-0.1, -0.05) is 24.3 Å². The topological polar surface area (TPSA) is 65.1 Å². The summed E-state index contributed by atoms with van der Waals surface area (Å²) in [7, 11) is 1.62. The maximum absolute atomic E-state index is 13.2. The largest absolute Gasteiger partial charge is 0.497 e. The second-order valence-electron chi connectivity index (χ2n) is 10.2. The van der Waals surface area contributed by atoms with Crippen molar-refractivity contribution in [1.82, 2.24) is 15.1 Å². The minimum atomic E-state index is -0.215. The number of piperidine rings is 2. The minimum Gasteiger partial charge on any atom is -0.497 e. The van der Waals surface area contributed by atoms with Crippen LogP contribution in [0.3, 0.4) is 0 Å². The molecule has 0 unspecified atom stereocenters. The SMILES string of the molecule is COc1ccc(CN2C(=O)CCN(Cc3cccc(N4CCC5(CCNCC5)CC4)c3)C2=O)cc1. The third-order valence-corrected chi connectivity index (χ3v) is 8.04. The lowest BCUT2D eigenvalue weighted by Crippen LogP contribution is -2.51. The maximum Gasteiger partial charge on any atom is 0.327 e. The predicted molar refractivity (Wildman–Crippen MR) is 136 cm³/mol. The lowest BCUT2D eigenvalue weighted by atomic mass is 9.71. The summed E-state index contributed by atoms with van der Waals surface area (Å²) in [6, 6.07) is 15.9. The Morgan fingerprint density at radius 1 is 0.886 bits per heavy atom.